The second-order valence-corrected chi connectivity index (χ2v) is 6.62. The number of nitrogens with one attached hydrogen (secondary N) is 1. The SMILES string of the molecule is O=C(CCCCc1ccc(Br)cc1)NCC(O)c1ccc(F)cc1. The lowest BCUT2D eigenvalue weighted by Gasteiger charge is -2.12. The first kappa shape index (κ1) is 18.6. The molecule has 2 rings (SSSR count). The molecule has 0 radical (unpaired) electrons. The Labute approximate surface area is 150 Å². The van der Waals surface area contributed by atoms with Gasteiger partial charge in [-0.25, -0.2) is 4.39 Å². The van der Waals surface area contributed by atoms with Crippen molar-refractivity contribution >= 4 is 21.8 Å². The Balaban J connectivity index is 1.62. The number of carbonyl (C=O) groups excluding carboxylic acids is 1. The average molecular weight is 394 g/mol. The molecule has 0 saturated heterocycles. The molecule has 2 aromatic rings. The van der Waals surface area contributed by atoms with Crippen molar-refractivity contribution in [3.8, 4) is 0 Å². The fourth-order valence-electron chi connectivity index (χ4n) is 2.37. The van der Waals surface area contributed by atoms with Crippen molar-refractivity contribution < 1.29 is 14.3 Å². The lowest BCUT2D eigenvalue weighted by atomic mass is 10.1. The van der Waals surface area contributed by atoms with E-state index in [0.717, 1.165) is 23.7 Å². The molecule has 0 heterocycles. The van der Waals surface area contributed by atoms with Crippen LogP contribution < -0.4 is 5.32 Å². The van der Waals surface area contributed by atoms with E-state index in [-0.39, 0.29) is 18.3 Å². The predicted octanol–water partition coefficient (Wildman–Crippen LogP) is 4.15. The van der Waals surface area contributed by atoms with Crippen LogP contribution in [-0.2, 0) is 11.2 Å². The van der Waals surface area contributed by atoms with Gasteiger partial charge in [0.15, 0.2) is 0 Å². The maximum atomic E-state index is 12.8. The van der Waals surface area contributed by atoms with Crippen molar-refractivity contribution in [2.75, 3.05) is 6.54 Å². The monoisotopic (exact) mass is 393 g/mol. The van der Waals surface area contributed by atoms with Gasteiger partial charge in [-0.2, -0.15) is 0 Å². The van der Waals surface area contributed by atoms with E-state index < -0.39 is 6.10 Å². The van der Waals surface area contributed by atoms with E-state index in [4.69, 9.17) is 0 Å². The first-order chi connectivity index (χ1) is 11.5. The van der Waals surface area contributed by atoms with E-state index in [0.29, 0.717) is 12.0 Å². The minimum atomic E-state index is -0.822. The van der Waals surface area contributed by atoms with Gasteiger partial charge < -0.3 is 10.4 Å². The summed E-state index contributed by atoms with van der Waals surface area (Å²) in [4.78, 5) is 11.8. The topological polar surface area (TPSA) is 49.3 Å². The van der Waals surface area contributed by atoms with Gasteiger partial charge in [0, 0.05) is 17.4 Å². The van der Waals surface area contributed by atoms with Gasteiger partial charge in [0.2, 0.25) is 5.91 Å². The summed E-state index contributed by atoms with van der Waals surface area (Å²) in [6.45, 7) is 0.136. The quantitative estimate of drug-likeness (QED) is 0.661. The molecule has 1 amide bonds. The number of hydrogen-bond acceptors (Lipinski definition) is 2. The largest absolute Gasteiger partial charge is 0.387 e. The first-order valence-electron chi connectivity index (χ1n) is 7.99. The van der Waals surface area contributed by atoms with E-state index in [1.807, 2.05) is 12.1 Å². The van der Waals surface area contributed by atoms with E-state index in [1.165, 1.54) is 29.8 Å². The minimum Gasteiger partial charge on any atom is -0.387 e. The maximum absolute atomic E-state index is 12.8. The number of unbranched alkanes of at least 4 members (excludes halogenated alkanes) is 1. The Morgan fingerprint density at radius 3 is 2.42 bits per heavy atom. The molecule has 24 heavy (non-hydrogen) atoms. The molecule has 1 atom stereocenters. The maximum Gasteiger partial charge on any atom is 0.220 e. The molecule has 0 aromatic heterocycles. The number of benzene rings is 2. The molecule has 0 spiro atoms. The number of aryl methyl sites for hydroxylation is 1. The summed E-state index contributed by atoms with van der Waals surface area (Å²) >= 11 is 3.40. The zero-order valence-corrected chi connectivity index (χ0v) is 14.9. The van der Waals surface area contributed by atoms with Crippen LogP contribution in [0.2, 0.25) is 0 Å². The third kappa shape index (κ3) is 6.42. The molecule has 3 nitrogen and oxygen atoms in total. The van der Waals surface area contributed by atoms with Crippen molar-refractivity contribution in [1.82, 2.24) is 5.32 Å². The summed E-state index contributed by atoms with van der Waals surface area (Å²) in [6.07, 6.45) is 2.30. The van der Waals surface area contributed by atoms with Crippen molar-refractivity contribution in [2.24, 2.45) is 0 Å². The number of hydrogen-bond donors (Lipinski definition) is 2. The molecule has 0 saturated carbocycles. The molecule has 0 aliphatic heterocycles. The second-order valence-electron chi connectivity index (χ2n) is 5.70. The van der Waals surface area contributed by atoms with Crippen LogP contribution in [0, 0.1) is 5.82 Å². The zero-order chi connectivity index (χ0) is 17.4. The molecule has 0 aliphatic carbocycles. The zero-order valence-electron chi connectivity index (χ0n) is 13.3. The van der Waals surface area contributed by atoms with Crippen LogP contribution in [0.5, 0.6) is 0 Å². The summed E-state index contributed by atoms with van der Waals surface area (Å²) in [6, 6.07) is 13.8. The minimum absolute atomic E-state index is 0.0769. The Hall–Kier alpha value is -1.72. The van der Waals surface area contributed by atoms with Gasteiger partial charge in [-0.05, 0) is 54.7 Å². The van der Waals surface area contributed by atoms with Gasteiger partial charge in [0.25, 0.3) is 0 Å². The highest BCUT2D eigenvalue weighted by atomic mass is 79.9. The lowest BCUT2D eigenvalue weighted by molar-refractivity contribution is -0.121. The fourth-order valence-corrected chi connectivity index (χ4v) is 2.63. The van der Waals surface area contributed by atoms with Crippen molar-refractivity contribution in [3.05, 3.63) is 69.9 Å². The van der Waals surface area contributed by atoms with Gasteiger partial charge in [-0.1, -0.05) is 40.2 Å². The third-order valence-electron chi connectivity index (χ3n) is 3.78. The van der Waals surface area contributed by atoms with E-state index >= 15 is 0 Å². The van der Waals surface area contributed by atoms with Crippen molar-refractivity contribution in [1.29, 1.82) is 0 Å². The van der Waals surface area contributed by atoms with Crippen LogP contribution in [0.3, 0.4) is 0 Å². The highest BCUT2D eigenvalue weighted by Gasteiger charge is 2.09. The van der Waals surface area contributed by atoms with E-state index in [9.17, 15) is 14.3 Å². The third-order valence-corrected chi connectivity index (χ3v) is 4.31. The Morgan fingerprint density at radius 2 is 1.75 bits per heavy atom. The molecule has 5 heteroatoms. The standard InChI is InChI=1S/C19H21BrFNO2/c20-16-9-5-14(6-10-16)3-1-2-4-19(24)22-13-18(23)15-7-11-17(21)12-8-15/h5-12,18,23H,1-4,13H2,(H,22,24). The van der Waals surface area contributed by atoms with Crippen LogP contribution in [0.4, 0.5) is 4.39 Å². The van der Waals surface area contributed by atoms with Crippen LogP contribution in [0.1, 0.15) is 36.5 Å². The van der Waals surface area contributed by atoms with Crippen LogP contribution in [-0.4, -0.2) is 17.6 Å². The first-order valence-corrected chi connectivity index (χ1v) is 8.78. The molecule has 1 unspecified atom stereocenters. The summed E-state index contributed by atoms with van der Waals surface area (Å²) < 4.78 is 13.9. The smallest absolute Gasteiger partial charge is 0.220 e. The average Bonchev–Trinajstić information content (AvgIpc) is 2.59. The van der Waals surface area contributed by atoms with Gasteiger partial charge in [0.1, 0.15) is 5.82 Å². The molecule has 2 aromatic carbocycles. The van der Waals surface area contributed by atoms with Gasteiger partial charge in [-0.3, -0.25) is 4.79 Å². The molecule has 2 N–H and O–H groups in total. The number of aliphatic hydroxyl groups excluding tert-OH is 1. The molecule has 0 bridgehead atoms. The Kier molecular flexibility index (Phi) is 7.40. The normalized spacial score (nSPS) is 12.0. The second kappa shape index (κ2) is 9.55. The van der Waals surface area contributed by atoms with Crippen molar-refractivity contribution in [2.45, 2.75) is 31.8 Å². The summed E-state index contributed by atoms with van der Waals surface area (Å²) in [5.74, 6) is -0.423. The lowest BCUT2D eigenvalue weighted by Crippen LogP contribution is -2.28. The Bertz CT molecular complexity index is 643. The molecule has 0 fully saturated rings. The van der Waals surface area contributed by atoms with Crippen LogP contribution in [0.25, 0.3) is 0 Å². The predicted molar refractivity (Wildman–Crippen MR) is 96.1 cm³/mol. The number of carbonyl (C=O) groups is 1. The number of halogens is 2. The van der Waals surface area contributed by atoms with Gasteiger partial charge in [-0.15, -0.1) is 0 Å². The number of amides is 1. The molecule has 128 valence electrons. The van der Waals surface area contributed by atoms with E-state index in [1.54, 1.807) is 0 Å². The summed E-state index contributed by atoms with van der Waals surface area (Å²) in [7, 11) is 0. The summed E-state index contributed by atoms with van der Waals surface area (Å²) in [5.41, 5.74) is 1.84. The number of aliphatic hydroxyl groups is 1. The fraction of sp³-hybridized carbons (Fsp3) is 0.316. The highest BCUT2D eigenvalue weighted by Crippen LogP contribution is 2.14. The van der Waals surface area contributed by atoms with Gasteiger partial charge >= 0.3 is 0 Å². The summed E-state index contributed by atoms with van der Waals surface area (Å²) in [5, 5.41) is 12.7. The van der Waals surface area contributed by atoms with Crippen molar-refractivity contribution in [3.63, 3.8) is 0 Å². The molecule has 0 aliphatic rings. The molecular formula is C19H21BrFNO2. The number of rotatable bonds is 8. The van der Waals surface area contributed by atoms with Crippen LogP contribution >= 0.6 is 15.9 Å². The van der Waals surface area contributed by atoms with Crippen LogP contribution in [0.15, 0.2) is 53.0 Å². The molecular weight excluding hydrogens is 373 g/mol. The van der Waals surface area contributed by atoms with E-state index in [2.05, 4.69) is 33.4 Å². The highest BCUT2D eigenvalue weighted by molar-refractivity contribution is 9.10. The Morgan fingerprint density at radius 1 is 1.08 bits per heavy atom. The van der Waals surface area contributed by atoms with Gasteiger partial charge in [0.05, 0.1) is 6.10 Å².